The lowest BCUT2D eigenvalue weighted by atomic mass is 10.4. The van der Waals surface area contributed by atoms with Crippen molar-refractivity contribution in [2.75, 3.05) is 0 Å². The molecular weight excluding hydrogens is 276 g/mol. The van der Waals surface area contributed by atoms with Crippen LogP contribution >= 0.6 is 0 Å². The first-order valence-electron chi connectivity index (χ1n) is 4.96. The summed E-state index contributed by atoms with van der Waals surface area (Å²) >= 11 is 0. The van der Waals surface area contributed by atoms with E-state index in [4.69, 9.17) is 5.11 Å². The van der Waals surface area contributed by atoms with Gasteiger partial charge in [-0.15, -0.1) is 0 Å². The highest BCUT2D eigenvalue weighted by molar-refractivity contribution is 6.43. The molecule has 0 aliphatic heterocycles. The Bertz CT molecular complexity index is 326. The van der Waals surface area contributed by atoms with E-state index in [9.17, 15) is 19.2 Å². The molecule has 19 heavy (non-hydrogen) atoms. The minimum atomic E-state index is -2.96. The van der Waals surface area contributed by atoms with E-state index in [1.54, 1.807) is 0 Å². The highest BCUT2D eigenvalue weighted by atomic mass is 28.3. The van der Waals surface area contributed by atoms with Crippen LogP contribution in [-0.2, 0) is 32.5 Å². The van der Waals surface area contributed by atoms with Gasteiger partial charge in [-0.3, -0.25) is 14.4 Å². The van der Waals surface area contributed by atoms with Gasteiger partial charge in [0, 0.05) is 26.3 Å². The van der Waals surface area contributed by atoms with Crippen LogP contribution in [0.5, 0.6) is 0 Å². The lowest BCUT2D eigenvalue weighted by Gasteiger charge is -2.12. The molecule has 8 nitrogen and oxygen atoms in total. The van der Waals surface area contributed by atoms with Crippen LogP contribution in [-0.4, -0.2) is 38.5 Å². The molecule has 0 fully saturated rings. The van der Waals surface area contributed by atoms with Crippen molar-refractivity contribution >= 4 is 33.4 Å². The van der Waals surface area contributed by atoms with E-state index >= 15 is 0 Å². The predicted octanol–water partition coefficient (Wildman–Crippen LogP) is 0.0400. The Hall–Kier alpha value is -2.16. The van der Waals surface area contributed by atoms with Crippen molar-refractivity contribution in [2.24, 2.45) is 0 Å². The minimum Gasteiger partial charge on any atom is -0.478 e. The molecule has 0 aliphatic rings. The first-order valence-corrected chi connectivity index (χ1v) is 6.38. The Morgan fingerprint density at radius 1 is 0.842 bits per heavy atom. The third-order valence-corrected chi connectivity index (χ3v) is 2.72. The molecule has 1 N–H and O–H groups in total. The number of carboxylic acid groups (broad SMARTS) is 1. The Labute approximate surface area is 111 Å². The monoisotopic (exact) mass is 292 g/mol. The number of carbonyl (C=O) groups excluding carboxylic acids is 3. The van der Waals surface area contributed by atoms with Gasteiger partial charge in [-0.05, 0) is 6.92 Å². The van der Waals surface area contributed by atoms with Gasteiger partial charge in [0.2, 0.25) is 0 Å². The largest absolute Gasteiger partial charge is 0.689 e. The van der Waals surface area contributed by atoms with E-state index in [0.29, 0.717) is 0 Å². The fourth-order valence-electron chi connectivity index (χ4n) is 0.479. The van der Waals surface area contributed by atoms with E-state index in [0.717, 1.165) is 20.8 Å². The van der Waals surface area contributed by atoms with Crippen molar-refractivity contribution in [3.05, 3.63) is 12.2 Å². The lowest BCUT2D eigenvalue weighted by Crippen LogP contribution is -2.32. The first-order chi connectivity index (χ1) is 8.56. The first kappa shape index (κ1) is 19.2. The Balaban J connectivity index is 0. The van der Waals surface area contributed by atoms with Crippen molar-refractivity contribution < 1.29 is 37.6 Å². The van der Waals surface area contributed by atoms with Gasteiger partial charge < -0.3 is 18.4 Å². The number of hydrogen-bond acceptors (Lipinski definition) is 7. The second-order valence-electron chi connectivity index (χ2n) is 3.20. The van der Waals surface area contributed by atoms with Gasteiger partial charge in [-0.25, -0.2) is 4.79 Å². The quantitative estimate of drug-likeness (QED) is 0.570. The van der Waals surface area contributed by atoms with Crippen LogP contribution in [0.1, 0.15) is 27.7 Å². The summed E-state index contributed by atoms with van der Waals surface area (Å²) in [5, 5.41) is 7.89. The summed E-state index contributed by atoms with van der Waals surface area (Å²) in [6.07, 6.45) is 0. The summed E-state index contributed by atoms with van der Waals surface area (Å²) in [4.78, 5) is 40.9. The minimum absolute atomic E-state index is 0.176. The zero-order valence-corrected chi connectivity index (χ0v) is 12.2. The third kappa shape index (κ3) is 15.8. The molecule has 0 atom stereocenters. The zero-order chi connectivity index (χ0) is 15.6. The standard InChI is InChI=1S/C6H10O6Si.C4H6O2/c1-4(7)10-13(11-5(2)8)12-6(3)9;1-3(2)4(5)6/h13H,1-3H3;1H2,2H3,(H,5,6). The normalized spacial score (nSPS) is 8.68. The zero-order valence-electron chi connectivity index (χ0n) is 11.1. The number of rotatable bonds is 4. The van der Waals surface area contributed by atoms with E-state index < -0.39 is 33.4 Å². The van der Waals surface area contributed by atoms with Gasteiger partial charge in [0.15, 0.2) is 0 Å². The summed E-state index contributed by atoms with van der Waals surface area (Å²) in [5.41, 5.74) is 0.176. The molecule has 0 heterocycles. The van der Waals surface area contributed by atoms with Crippen LogP contribution < -0.4 is 0 Å². The van der Waals surface area contributed by atoms with Crippen LogP contribution in [0.2, 0.25) is 0 Å². The van der Waals surface area contributed by atoms with Gasteiger partial charge in [0.25, 0.3) is 17.9 Å². The topological polar surface area (TPSA) is 116 Å². The van der Waals surface area contributed by atoms with Gasteiger partial charge in [-0.2, -0.15) is 0 Å². The Kier molecular flexibility index (Phi) is 9.92. The number of aliphatic carboxylic acids is 1. The van der Waals surface area contributed by atoms with Crippen molar-refractivity contribution in [1.29, 1.82) is 0 Å². The average molecular weight is 292 g/mol. The maximum atomic E-state index is 10.4. The predicted molar refractivity (Wildman–Crippen MR) is 64.9 cm³/mol. The van der Waals surface area contributed by atoms with Crippen molar-refractivity contribution in [3.8, 4) is 0 Å². The highest BCUT2D eigenvalue weighted by Crippen LogP contribution is 1.94. The van der Waals surface area contributed by atoms with Crippen molar-refractivity contribution in [2.45, 2.75) is 27.7 Å². The van der Waals surface area contributed by atoms with Crippen LogP contribution in [0.3, 0.4) is 0 Å². The van der Waals surface area contributed by atoms with Crippen LogP contribution in [0.4, 0.5) is 0 Å². The molecule has 0 aromatic heterocycles. The van der Waals surface area contributed by atoms with Crippen LogP contribution in [0.25, 0.3) is 0 Å². The third-order valence-electron chi connectivity index (χ3n) is 1.15. The molecule has 0 aliphatic carbocycles. The molecule has 0 saturated heterocycles. The smallest absolute Gasteiger partial charge is 0.478 e. The summed E-state index contributed by atoms with van der Waals surface area (Å²) in [6, 6.07) is 0. The summed E-state index contributed by atoms with van der Waals surface area (Å²) in [6.45, 7) is 8.00. The van der Waals surface area contributed by atoms with E-state index in [1.807, 2.05) is 0 Å². The van der Waals surface area contributed by atoms with Gasteiger partial charge >= 0.3 is 15.5 Å². The van der Waals surface area contributed by atoms with E-state index in [2.05, 4.69) is 19.9 Å². The molecule has 0 radical (unpaired) electrons. The maximum absolute atomic E-state index is 10.4. The molecule has 0 rings (SSSR count). The average Bonchev–Trinajstić information content (AvgIpc) is 2.14. The molecule has 0 amide bonds. The fraction of sp³-hybridized carbons (Fsp3) is 0.400. The molecule has 0 aromatic rings. The molecule has 9 heteroatoms. The molecule has 0 saturated carbocycles. The van der Waals surface area contributed by atoms with Crippen molar-refractivity contribution in [3.63, 3.8) is 0 Å². The molecule has 108 valence electrons. The number of hydrogen-bond donors (Lipinski definition) is 1. The van der Waals surface area contributed by atoms with E-state index in [-0.39, 0.29) is 5.57 Å². The second kappa shape index (κ2) is 9.83. The Morgan fingerprint density at radius 3 is 1.16 bits per heavy atom. The molecule has 0 aromatic carbocycles. The van der Waals surface area contributed by atoms with E-state index in [1.165, 1.54) is 6.92 Å². The molecular formula is C10H16O8Si. The Morgan fingerprint density at radius 2 is 1.05 bits per heavy atom. The molecule has 0 unspecified atom stereocenters. The number of carbonyl (C=O) groups is 4. The molecule has 0 spiro atoms. The maximum Gasteiger partial charge on any atom is 0.689 e. The van der Waals surface area contributed by atoms with Gasteiger partial charge in [0.1, 0.15) is 0 Å². The lowest BCUT2D eigenvalue weighted by molar-refractivity contribution is -0.145. The molecule has 0 bridgehead atoms. The van der Waals surface area contributed by atoms with Gasteiger partial charge in [0.05, 0.1) is 0 Å². The number of carboxylic acids is 1. The SMILES string of the molecule is C=C(C)C(=O)O.CC(=O)O[SiH](OC(C)=O)OC(C)=O. The fourth-order valence-corrected chi connectivity index (χ4v) is 1.44. The summed E-state index contributed by atoms with van der Waals surface area (Å²) < 4.78 is 13.5. The van der Waals surface area contributed by atoms with Gasteiger partial charge in [-0.1, -0.05) is 6.58 Å². The van der Waals surface area contributed by atoms with Crippen molar-refractivity contribution in [1.82, 2.24) is 0 Å². The second-order valence-corrected chi connectivity index (χ2v) is 4.49. The van der Waals surface area contributed by atoms with Crippen LogP contribution in [0.15, 0.2) is 12.2 Å². The summed E-state index contributed by atoms with van der Waals surface area (Å²) in [5.74, 6) is -2.90. The highest BCUT2D eigenvalue weighted by Gasteiger charge is 2.25. The van der Waals surface area contributed by atoms with Crippen LogP contribution in [0, 0.1) is 0 Å². The summed E-state index contributed by atoms with van der Waals surface area (Å²) in [7, 11) is -2.96.